The van der Waals surface area contributed by atoms with Gasteiger partial charge in [-0.2, -0.15) is 5.26 Å². The smallest absolute Gasteiger partial charge is 0.0991 e. The van der Waals surface area contributed by atoms with E-state index in [0.29, 0.717) is 12.1 Å². The minimum atomic E-state index is -0.512. The van der Waals surface area contributed by atoms with Gasteiger partial charge < -0.3 is 14.9 Å². The van der Waals surface area contributed by atoms with Crippen molar-refractivity contribution in [2.75, 3.05) is 52.5 Å². The Balaban J connectivity index is 1.74. The van der Waals surface area contributed by atoms with Crippen molar-refractivity contribution in [1.82, 2.24) is 9.80 Å². The summed E-state index contributed by atoms with van der Waals surface area (Å²) in [5, 5.41) is 27.5. The second-order valence-corrected chi connectivity index (χ2v) is 6.19. The maximum atomic E-state index is 9.98. The molecule has 6 heteroatoms. The van der Waals surface area contributed by atoms with Crippen LogP contribution in [0.1, 0.15) is 17.5 Å². The molecule has 0 aromatic heterocycles. The molecule has 1 aromatic carbocycles. The first-order valence-corrected chi connectivity index (χ1v) is 8.51. The van der Waals surface area contributed by atoms with E-state index in [1.54, 1.807) is 0 Å². The van der Waals surface area contributed by atoms with Gasteiger partial charge >= 0.3 is 0 Å². The third kappa shape index (κ3) is 6.56. The SMILES string of the molecule is N#Cc1ccc(CN2CCCN(C[C@@H](O)COCCO)CC2)cc1. The van der Waals surface area contributed by atoms with Crippen LogP contribution >= 0.6 is 0 Å². The molecule has 1 aliphatic rings. The number of hydrogen-bond donors (Lipinski definition) is 2. The fourth-order valence-electron chi connectivity index (χ4n) is 2.94. The van der Waals surface area contributed by atoms with Crippen LogP contribution in [-0.4, -0.2) is 78.7 Å². The van der Waals surface area contributed by atoms with Crippen molar-refractivity contribution in [3.63, 3.8) is 0 Å². The zero-order valence-corrected chi connectivity index (χ0v) is 14.1. The zero-order chi connectivity index (χ0) is 17.2. The number of β-amino-alcohol motifs (C(OH)–C–C–N with tert-alkyl or cyclic N) is 1. The molecule has 0 aliphatic carbocycles. The van der Waals surface area contributed by atoms with Crippen LogP contribution in [0, 0.1) is 11.3 Å². The average molecular weight is 333 g/mol. The molecule has 1 aliphatic heterocycles. The van der Waals surface area contributed by atoms with Gasteiger partial charge in [0.2, 0.25) is 0 Å². The number of aliphatic hydroxyl groups is 2. The van der Waals surface area contributed by atoms with E-state index < -0.39 is 6.10 Å². The van der Waals surface area contributed by atoms with Crippen LogP contribution in [-0.2, 0) is 11.3 Å². The summed E-state index contributed by atoms with van der Waals surface area (Å²) in [6.45, 7) is 5.92. The fourth-order valence-corrected chi connectivity index (χ4v) is 2.94. The summed E-state index contributed by atoms with van der Waals surface area (Å²) < 4.78 is 5.18. The molecule has 0 spiro atoms. The van der Waals surface area contributed by atoms with E-state index in [9.17, 15) is 5.11 Å². The Labute approximate surface area is 143 Å². The van der Waals surface area contributed by atoms with Crippen molar-refractivity contribution in [2.45, 2.75) is 19.1 Å². The van der Waals surface area contributed by atoms with Crippen molar-refractivity contribution in [1.29, 1.82) is 5.26 Å². The molecule has 2 N–H and O–H groups in total. The van der Waals surface area contributed by atoms with E-state index in [-0.39, 0.29) is 19.8 Å². The summed E-state index contributed by atoms with van der Waals surface area (Å²) in [6.07, 6.45) is 0.558. The van der Waals surface area contributed by atoms with Gasteiger partial charge in [-0.1, -0.05) is 12.1 Å². The molecule has 0 saturated carbocycles. The number of rotatable bonds is 8. The highest BCUT2D eigenvalue weighted by Crippen LogP contribution is 2.10. The largest absolute Gasteiger partial charge is 0.394 e. The Morgan fingerprint density at radius 2 is 1.83 bits per heavy atom. The second-order valence-electron chi connectivity index (χ2n) is 6.19. The maximum absolute atomic E-state index is 9.98. The van der Waals surface area contributed by atoms with Crippen LogP contribution < -0.4 is 0 Å². The van der Waals surface area contributed by atoms with E-state index in [0.717, 1.165) is 39.1 Å². The maximum Gasteiger partial charge on any atom is 0.0991 e. The van der Waals surface area contributed by atoms with Gasteiger partial charge in [-0.3, -0.25) is 9.80 Å². The predicted octanol–water partition coefficient (Wildman–Crippen LogP) is 0.436. The van der Waals surface area contributed by atoms with E-state index >= 15 is 0 Å². The van der Waals surface area contributed by atoms with Crippen LogP contribution in [0.4, 0.5) is 0 Å². The Hall–Kier alpha value is -1.49. The van der Waals surface area contributed by atoms with Gasteiger partial charge in [0.25, 0.3) is 0 Å². The number of ether oxygens (including phenoxy) is 1. The van der Waals surface area contributed by atoms with Gasteiger partial charge in [0.05, 0.1) is 37.6 Å². The third-order valence-electron chi connectivity index (χ3n) is 4.19. The predicted molar refractivity (Wildman–Crippen MR) is 91.4 cm³/mol. The molecule has 1 atom stereocenters. The lowest BCUT2D eigenvalue weighted by Gasteiger charge is -2.24. The minimum Gasteiger partial charge on any atom is -0.394 e. The topological polar surface area (TPSA) is 80.0 Å². The van der Waals surface area contributed by atoms with E-state index in [4.69, 9.17) is 15.1 Å². The van der Waals surface area contributed by atoms with Crippen LogP contribution in [0.2, 0.25) is 0 Å². The molecular weight excluding hydrogens is 306 g/mol. The molecule has 1 heterocycles. The molecule has 24 heavy (non-hydrogen) atoms. The highest BCUT2D eigenvalue weighted by molar-refractivity contribution is 5.31. The highest BCUT2D eigenvalue weighted by Gasteiger charge is 2.17. The molecule has 1 saturated heterocycles. The number of nitriles is 1. The third-order valence-corrected chi connectivity index (χ3v) is 4.19. The minimum absolute atomic E-state index is 0.0132. The lowest BCUT2D eigenvalue weighted by Crippen LogP contribution is -2.37. The van der Waals surface area contributed by atoms with Crippen LogP contribution in [0.25, 0.3) is 0 Å². The number of nitrogens with zero attached hydrogens (tertiary/aromatic N) is 3. The zero-order valence-electron chi connectivity index (χ0n) is 14.1. The molecule has 0 amide bonds. The van der Waals surface area contributed by atoms with Crippen LogP contribution in [0.5, 0.6) is 0 Å². The lowest BCUT2D eigenvalue weighted by atomic mass is 10.1. The summed E-state index contributed by atoms with van der Waals surface area (Å²) in [5.74, 6) is 0. The molecule has 2 rings (SSSR count). The fraction of sp³-hybridized carbons (Fsp3) is 0.611. The monoisotopic (exact) mass is 333 g/mol. The van der Waals surface area contributed by atoms with Gasteiger partial charge in [0, 0.05) is 26.2 Å². The molecule has 0 bridgehead atoms. The Morgan fingerprint density at radius 1 is 1.12 bits per heavy atom. The summed E-state index contributed by atoms with van der Waals surface area (Å²) in [6, 6.07) is 9.90. The first kappa shape index (κ1) is 18.8. The molecule has 132 valence electrons. The number of benzene rings is 1. The van der Waals surface area contributed by atoms with Crippen molar-refractivity contribution < 1.29 is 14.9 Å². The molecule has 6 nitrogen and oxygen atoms in total. The van der Waals surface area contributed by atoms with Gasteiger partial charge in [0.15, 0.2) is 0 Å². The van der Waals surface area contributed by atoms with E-state index in [1.807, 2.05) is 24.3 Å². The quantitative estimate of drug-likeness (QED) is 0.672. The van der Waals surface area contributed by atoms with E-state index in [2.05, 4.69) is 15.9 Å². The second kappa shape index (κ2) is 10.4. The molecule has 1 fully saturated rings. The Bertz CT molecular complexity index is 515. The molecule has 0 radical (unpaired) electrons. The molecule has 0 unspecified atom stereocenters. The van der Waals surface area contributed by atoms with Crippen molar-refractivity contribution in [3.05, 3.63) is 35.4 Å². The van der Waals surface area contributed by atoms with Crippen LogP contribution in [0.3, 0.4) is 0 Å². The van der Waals surface area contributed by atoms with Crippen molar-refractivity contribution in [3.8, 4) is 6.07 Å². The first-order chi connectivity index (χ1) is 11.7. The van der Waals surface area contributed by atoms with Gasteiger partial charge in [-0.05, 0) is 37.2 Å². The molecule has 1 aromatic rings. The summed E-state index contributed by atoms with van der Waals surface area (Å²) >= 11 is 0. The average Bonchev–Trinajstić information content (AvgIpc) is 2.81. The number of aliphatic hydroxyl groups excluding tert-OH is 2. The standard InChI is InChI=1S/C18H27N3O3/c19-12-16-2-4-17(5-3-16)13-20-6-1-7-21(9-8-20)14-18(23)15-24-11-10-22/h2-5,18,22-23H,1,6-11,13-15H2/t18-/m1/s1. The highest BCUT2D eigenvalue weighted by atomic mass is 16.5. The van der Waals surface area contributed by atoms with Crippen molar-refractivity contribution in [2.24, 2.45) is 0 Å². The summed E-state index contributed by atoms with van der Waals surface area (Å²) in [7, 11) is 0. The lowest BCUT2D eigenvalue weighted by molar-refractivity contribution is 0.00588. The van der Waals surface area contributed by atoms with Gasteiger partial charge in [-0.15, -0.1) is 0 Å². The Kier molecular flexibility index (Phi) is 8.16. The normalized spacial score (nSPS) is 18.0. The van der Waals surface area contributed by atoms with E-state index in [1.165, 1.54) is 5.56 Å². The van der Waals surface area contributed by atoms with Crippen molar-refractivity contribution >= 4 is 0 Å². The van der Waals surface area contributed by atoms with Gasteiger partial charge in [0.1, 0.15) is 0 Å². The van der Waals surface area contributed by atoms with Gasteiger partial charge in [-0.25, -0.2) is 0 Å². The summed E-state index contributed by atoms with van der Waals surface area (Å²) in [5.41, 5.74) is 1.91. The number of hydrogen-bond acceptors (Lipinski definition) is 6. The Morgan fingerprint density at radius 3 is 2.54 bits per heavy atom. The summed E-state index contributed by atoms with van der Waals surface area (Å²) in [4.78, 5) is 4.68. The first-order valence-electron chi connectivity index (χ1n) is 8.51. The molecular formula is C18H27N3O3. The van der Waals surface area contributed by atoms with Crippen LogP contribution in [0.15, 0.2) is 24.3 Å².